The third-order valence-electron chi connectivity index (χ3n) is 7.58. The van der Waals surface area contributed by atoms with E-state index in [0.717, 1.165) is 29.5 Å². The number of ether oxygens (including phenoxy) is 2. The summed E-state index contributed by atoms with van der Waals surface area (Å²) in [5.74, 6) is -0.850. The molecule has 0 bridgehead atoms. The molecule has 0 fully saturated rings. The van der Waals surface area contributed by atoms with Crippen LogP contribution in [0.2, 0.25) is 0 Å². The highest BCUT2D eigenvalue weighted by Crippen LogP contribution is 2.27. The van der Waals surface area contributed by atoms with Gasteiger partial charge in [0, 0.05) is 13.0 Å². The zero-order chi connectivity index (χ0) is 36.1. The molecule has 2 N–H and O–H groups in total. The number of carbonyl (C=O) groups excluding carboxylic acids is 4. The molecule has 0 saturated carbocycles. The monoisotopic (exact) mass is 683 g/mol. The Morgan fingerprint density at radius 2 is 1.48 bits per heavy atom. The highest BCUT2D eigenvalue weighted by atomic mass is 32.2. The van der Waals surface area contributed by atoms with Gasteiger partial charge in [-0.2, -0.15) is 11.8 Å². The Kier molecular flexibility index (Phi) is 16.0. The number of nitrogens with one attached hydrogen (secondary N) is 2. The fourth-order valence-electron chi connectivity index (χ4n) is 5.12. The van der Waals surface area contributed by atoms with E-state index in [-0.39, 0.29) is 18.9 Å². The molecule has 48 heavy (non-hydrogen) atoms. The number of benzene rings is 2. The fraction of sp³-hybridized carbons (Fsp3) is 0.579. The third kappa shape index (κ3) is 13.9. The van der Waals surface area contributed by atoms with E-state index in [2.05, 4.69) is 17.6 Å². The molecule has 2 aromatic rings. The maximum atomic E-state index is 14.6. The standard InChI is InChI=1S/C38H57N3O6S/c1-11-12-16-22-41(34(43)30(21-23-48-10)40-36(45)47-38(7,8)9)32(29-20-19-26(2)27(3)24-29)33(42)39-31(35(44)46-37(4,5)6)25-28-17-14-13-15-18-28/h13-15,17-20,24,30-32H,11-12,16,21-23,25H2,1-10H3,(H,39,42)(H,40,45). The molecule has 3 amide bonds. The minimum atomic E-state index is -1.08. The van der Waals surface area contributed by atoms with Crippen LogP contribution in [-0.2, 0) is 30.3 Å². The Balaban J connectivity index is 2.65. The SMILES string of the molecule is CCCCCN(C(=O)C(CCSC)NC(=O)OC(C)(C)C)C(C(=O)NC(Cc1ccccc1)C(=O)OC(C)(C)C)c1ccc(C)c(C)c1. The summed E-state index contributed by atoms with van der Waals surface area (Å²) in [6.07, 6.45) is 4.19. The summed E-state index contributed by atoms with van der Waals surface area (Å²) in [5, 5.41) is 5.77. The lowest BCUT2D eigenvalue weighted by molar-refractivity contribution is -0.159. The van der Waals surface area contributed by atoms with Crippen molar-refractivity contribution in [2.75, 3.05) is 18.6 Å². The number of alkyl carbamates (subject to hydrolysis) is 1. The van der Waals surface area contributed by atoms with Crippen molar-refractivity contribution in [3.05, 3.63) is 70.8 Å². The van der Waals surface area contributed by atoms with Crippen LogP contribution in [0.1, 0.15) is 102 Å². The number of nitrogens with zero attached hydrogens (tertiary/aromatic N) is 1. The quantitative estimate of drug-likeness (QED) is 0.144. The van der Waals surface area contributed by atoms with Crippen molar-refractivity contribution >= 4 is 35.6 Å². The van der Waals surface area contributed by atoms with Gasteiger partial charge in [-0.15, -0.1) is 0 Å². The van der Waals surface area contributed by atoms with Crippen LogP contribution in [0.15, 0.2) is 48.5 Å². The molecule has 0 aliphatic carbocycles. The highest BCUT2D eigenvalue weighted by Gasteiger charge is 2.38. The molecule has 0 aliphatic heterocycles. The Morgan fingerprint density at radius 3 is 2.04 bits per heavy atom. The van der Waals surface area contributed by atoms with Gasteiger partial charge in [-0.3, -0.25) is 9.59 Å². The topological polar surface area (TPSA) is 114 Å². The molecule has 9 nitrogen and oxygen atoms in total. The molecule has 0 heterocycles. The van der Waals surface area contributed by atoms with Crippen LogP contribution in [0.4, 0.5) is 4.79 Å². The van der Waals surface area contributed by atoms with Gasteiger partial charge in [0.1, 0.15) is 29.3 Å². The smallest absolute Gasteiger partial charge is 0.408 e. The van der Waals surface area contributed by atoms with Gasteiger partial charge in [-0.05, 0) is 102 Å². The largest absolute Gasteiger partial charge is 0.458 e. The predicted molar refractivity (Wildman–Crippen MR) is 194 cm³/mol. The fourth-order valence-corrected chi connectivity index (χ4v) is 5.59. The second-order valence-corrected chi connectivity index (χ2v) is 15.2. The average molecular weight is 684 g/mol. The number of hydrogen-bond donors (Lipinski definition) is 2. The maximum absolute atomic E-state index is 14.6. The first-order chi connectivity index (χ1) is 22.5. The van der Waals surface area contributed by atoms with E-state index < -0.39 is 47.3 Å². The summed E-state index contributed by atoms with van der Waals surface area (Å²) < 4.78 is 11.3. The molecule has 3 unspecified atom stereocenters. The molecule has 2 aromatic carbocycles. The van der Waals surface area contributed by atoms with Crippen LogP contribution in [0.25, 0.3) is 0 Å². The molecule has 10 heteroatoms. The molecule has 266 valence electrons. The third-order valence-corrected chi connectivity index (χ3v) is 8.23. The lowest BCUT2D eigenvalue weighted by atomic mass is 9.97. The van der Waals surface area contributed by atoms with E-state index >= 15 is 0 Å². The molecule has 0 spiro atoms. The molecule has 0 aliphatic rings. The van der Waals surface area contributed by atoms with Crippen molar-refractivity contribution in [3.8, 4) is 0 Å². The maximum Gasteiger partial charge on any atom is 0.408 e. The number of amides is 3. The number of carbonyl (C=O) groups is 4. The molecular formula is C38H57N3O6S. The Labute approximate surface area is 292 Å². The summed E-state index contributed by atoms with van der Waals surface area (Å²) in [6.45, 7) is 16.9. The zero-order valence-corrected chi connectivity index (χ0v) is 31.4. The molecule has 0 saturated heterocycles. The van der Waals surface area contributed by atoms with Gasteiger partial charge in [0.05, 0.1) is 0 Å². The molecule has 0 aromatic heterocycles. The first-order valence-electron chi connectivity index (χ1n) is 16.9. The van der Waals surface area contributed by atoms with Crippen LogP contribution in [0.5, 0.6) is 0 Å². The van der Waals surface area contributed by atoms with Crippen LogP contribution in [0, 0.1) is 13.8 Å². The highest BCUT2D eigenvalue weighted by molar-refractivity contribution is 7.98. The van der Waals surface area contributed by atoms with Crippen LogP contribution >= 0.6 is 11.8 Å². The van der Waals surface area contributed by atoms with Gasteiger partial charge in [0.25, 0.3) is 0 Å². The lowest BCUT2D eigenvalue weighted by Gasteiger charge is -2.35. The van der Waals surface area contributed by atoms with E-state index in [0.29, 0.717) is 24.2 Å². The molecule has 2 rings (SSSR count). The molecule has 0 radical (unpaired) electrons. The minimum Gasteiger partial charge on any atom is -0.458 e. The molecular weight excluding hydrogens is 627 g/mol. The van der Waals surface area contributed by atoms with E-state index in [9.17, 15) is 19.2 Å². The van der Waals surface area contributed by atoms with Crippen molar-refractivity contribution < 1.29 is 28.7 Å². The van der Waals surface area contributed by atoms with Crippen molar-refractivity contribution in [1.29, 1.82) is 0 Å². The second-order valence-electron chi connectivity index (χ2n) is 14.2. The van der Waals surface area contributed by atoms with Crippen molar-refractivity contribution in [1.82, 2.24) is 15.5 Å². The summed E-state index contributed by atoms with van der Waals surface area (Å²) in [7, 11) is 0. The van der Waals surface area contributed by atoms with Gasteiger partial charge in [-0.25, -0.2) is 9.59 Å². The minimum absolute atomic E-state index is 0.210. The summed E-state index contributed by atoms with van der Waals surface area (Å²) in [6, 6.07) is 12.1. The van der Waals surface area contributed by atoms with Crippen LogP contribution in [0.3, 0.4) is 0 Å². The van der Waals surface area contributed by atoms with Gasteiger partial charge < -0.3 is 25.0 Å². The number of aryl methyl sites for hydroxylation is 2. The first-order valence-corrected chi connectivity index (χ1v) is 18.3. The first kappa shape index (κ1) is 40.6. The Hall–Kier alpha value is -3.53. The number of unbranched alkanes of at least 4 members (excludes halogenated alkanes) is 2. The normalized spacial score (nSPS) is 13.5. The van der Waals surface area contributed by atoms with Gasteiger partial charge in [-0.1, -0.05) is 68.3 Å². The van der Waals surface area contributed by atoms with Gasteiger partial charge in [0.15, 0.2) is 0 Å². The summed E-state index contributed by atoms with van der Waals surface area (Å²) in [4.78, 5) is 57.3. The predicted octanol–water partition coefficient (Wildman–Crippen LogP) is 7.08. The average Bonchev–Trinajstić information content (AvgIpc) is 2.98. The van der Waals surface area contributed by atoms with Gasteiger partial charge in [0.2, 0.25) is 11.8 Å². The van der Waals surface area contributed by atoms with E-state index in [4.69, 9.17) is 9.47 Å². The lowest BCUT2D eigenvalue weighted by Crippen LogP contribution is -2.55. The van der Waals surface area contributed by atoms with Crippen molar-refractivity contribution in [3.63, 3.8) is 0 Å². The van der Waals surface area contributed by atoms with E-state index in [1.165, 1.54) is 0 Å². The van der Waals surface area contributed by atoms with Crippen molar-refractivity contribution in [2.24, 2.45) is 0 Å². The molecule has 3 atom stereocenters. The number of hydrogen-bond acceptors (Lipinski definition) is 7. The summed E-state index contributed by atoms with van der Waals surface area (Å²) in [5.41, 5.74) is 1.95. The van der Waals surface area contributed by atoms with Crippen molar-refractivity contribution in [2.45, 2.75) is 124 Å². The van der Waals surface area contributed by atoms with Crippen LogP contribution in [-0.4, -0.2) is 70.6 Å². The van der Waals surface area contributed by atoms with E-state index in [1.54, 1.807) is 58.2 Å². The van der Waals surface area contributed by atoms with E-state index in [1.807, 2.05) is 68.6 Å². The van der Waals surface area contributed by atoms with Gasteiger partial charge >= 0.3 is 12.1 Å². The number of thioether (sulfide) groups is 1. The second kappa shape index (κ2) is 18.9. The van der Waals surface area contributed by atoms with Crippen LogP contribution < -0.4 is 10.6 Å². The number of esters is 1. The summed E-state index contributed by atoms with van der Waals surface area (Å²) >= 11 is 1.56. The Bertz CT molecular complexity index is 1350. The number of rotatable bonds is 16. The Morgan fingerprint density at radius 1 is 0.833 bits per heavy atom. The zero-order valence-electron chi connectivity index (χ0n) is 30.6.